The Balaban J connectivity index is 1.98. The minimum absolute atomic E-state index is 0.00583. The molecule has 0 radical (unpaired) electrons. The van der Waals surface area contributed by atoms with Crippen LogP contribution in [0.4, 0.5) is 0 Å². The van der Waals surface area contributed by atoms with E-state index in [-0.39, 0.29) is 24.3 Å². The summed E-state index contributed by atoms with van der Waals surface area (Å²) in [5.41, 5.74) is -0.889. The van der Waals surface area contributed by atoms with Gasteiger partial charge in [0.05, 0.1) is 18.3 Å². The average Bonchev–Trinajstić information content (AvgIpc) is 2.72. The number of aromatic nitrogens is 2. The lowest BCUT2D eigenvalue weighted by Gasteiger charge is -2.43. The smallest absolute Gasteiger partial charge is 0.328 e. The maximum absolute atomic E-state index is 11.8. The largest absolute Gasteiger partial charge is 0.441 e. The first kappa shape index (κ1) is 10.3. The number of nitrogens with one attached hydrogen (secondary N) is 2. The molecule has 4 heterocycles. The maximum Gasteiger partial charge on any atom is 0.328 e. The first-order valence-electron chi connectivity index (χ1n) is 5.62. The number of fused-ring (bicyclic) bond motifs is 8. The quantitative estimate of drug-likeness (QED) is 0.512. The van der Waals surface area contributed by atoms with Gasteiger partial charge in [0.2, 0.25) is 12.2 Å². The predicted molar refractivity (Wildman–Crippen MR) is 55.2 cm³/mol. The van der Waals surface area contributed by atoms with Crippen molar-refractivity contribution in [2.45, 2.75) is 30.5 Å². The summed E-state index contributed by atoms with van der Waals surface area (Å²) in [7, 11) is 0. The minimum atomic E-state index is -1.65. The molecule has 1 aromatic rings. The Hall–Kier alpha value is -1.64. The molecular weight excluding hydrogens is 244 g/mol. The van der Waals surface area contributed by atoms with Crippen molar-refractivity contribution in [3.8, 4) is 5.88 Å². The zero-order valence-corrected chi connectivity index (χ0v) is 9.13. The van der Waals surface area contributed by atoms with Gasteiger partial charge in [0, 0.05) is 12.3 Å². The maximum atomic E-state index is 11.8. The summed E-state index contributed by atoms with van der Waals surface area (Å²) >= 11 is 0. The Kier molecular flexibility index (Phi) is 1.73. The van der Waals surface area contributed by atoms with Crippen LogP contribution in [0.2, 0.25) is 0 Å². The number of aromatic amines is 2. The van der Waals surface area contributed by atoms with Crippen molar-refractivity contribution in [2.75, 3.05) is 6.61 Å². The van der Waals surface area contributed by atoms with Gasteiger partial charge in [-0.25, -0.2) is 4.79 Å². The molecule has 0 saturated carbocycles. The third kappa shape index (κ3) is 1.14. The molecule has 8 nitrogen and oxygen atoms in total. The molecule has 3 aliphatic heterocycles. The summed E-state index contributed by atoms with van der Waals surface area (Å²) in [6.45, 7) is 0.291. The molecule has 96 valence electrons. The fourth-order valence-electron chi connectivity index (χ4n) is 2.86. The van der Waals surface area contributed by atoms with Crippen LogP contribution in [-0.2, 0) is 9.47 Å². The summed E-state index contributed by atoms with van der Waals surface area (Å²) in [5, 5.41) is 10.3. The van der Waals surface area contributed by atoms with Crippen molar-refractivity contribution in [3.63, 3.8) is 0 Å². The number of aliphatic hydroxyl groups is 1. The van der Waals surface area contributed by atoms with Crippen molar-refractivity contribution < 1.29 is 19.3 Å². The number of hydrogen-bond donors (Lipinski definition) is 3. The topological polar surface area (TPSA) is 114 Å². The molecule has 0 unspecified atom stereocenters. The molecule has 4 atom stereocenters. The highest BCUT2D eigenvalue weighted by molar-refractivity contribution is 5.33. The Morgan fingerprint density at radius 3 is 3.00 bits per heavy atom. The summed E-state index contributed by atoms with van der Waals surface area (Å²) in [5.74, 6) is -1.99. The van der Waals surface area contributed by atoms with Crippen LogP contribution in [0, 0.1) is 0 Å². The van der Waals surface area contributed by atoms with Crippen LogP contribution in [0.3, 0.4) is 0 Å². The molecule has 3 aliphatic rings. The molecule has 18 heavy (non-hydrogen) atoms. The summed E-state index contributed by atoms with van der Waals surface area (Å²) in [6.07, 6.45) is -0.968. The van der Waals surface area contributed by atoms with Crippen LogP contribution in [0.5, 0.6) is 5.88 Å². The SMILES string of the molecule is O=c1[nH]c2c(c(=O)[nH]1)[C@H]1C[C@@](O)(O2)[C@@H]2OC[C@H]1O2. The van der Waals surface area contributed by atoms with E-state index in [4.69, 9.17) is 14.2 Å². The van der Waals surface area contributed by atoms with E-state index in [0.29, 0.717) is 12.2 Å². The molecule has 0 spiro atoms. The summed E-state index contributed by atoms with van der Waals surface area (Å²) in [6, 6.07) is 0. The van der Waals surface area contributed by atoms with E-state index in [1.54, 1.807) is 0 Å². The zero-order valence-electron chi connectivity index (χ0n) is 9.13. The van der Waals surface area contributed by atoms with Gasteiger partial charge in [0.15, 0.2) is 0 Å². The van der Waals surface area contributed by atoms with Gasteiger partial charge in [0.25, 0.3) is 11.3 Å². The van der Waals surface area contributed by atoms with Gasteiger partial charge in [-0.3, -0.25) is 14.8 Å². The van der Waals surface area contributed by atoms with E-state index in [1.807, 2.05) is 0 Å². The van der Waals surface area contributed by atoms with Crippen LogP contribution < -0.4 is 16.0 Å². The monoisotopic (exact) mass is 254 g/mol. The first-order chi connectivity index (χ1) is 8.57. The van der Waals surface area contributed by atoms with Gasteiger partial charge in [-0.05, 0) is 0 Å². The van der Waals surface area contributed by atoms with E-state index in [1.165, 1.54) is 0 Å². The first-order valence-corrected chi connectivity index (χ1v) is 5.62. The van der Waals surface area contributed by atoms with Crippen LogP contribution in [0.25, 0.3) is 0 Å². The number of ether oxygens (including phenoxy) is 3. The lowest BCUT2D eigenvalue weighted by atomic mass is 9.84. The third-order valence-corrected chi connectivity index (χ3v) is 3.63. The van der Waals surface area contributed by atoms with Crippen molar-refractivity contribution in [1.82, 2.24) is 9.97 Å². The van der Waals surface area contributed by atoms with E-state index in [0.717, 1.165) is 0 Å². The molecule has 3 N–H and O–H groups in total. The van der Waals surface area contributed by atoms with E-state index >= 15 is 0 Å². The number of hydrogen-bond acceptors (Lipinski definition) is 6. The van der Waals surface area contributed by atoms with Crippen LogP contribution >= 0.6 is 0 Å². The Morgan fingerprint density at radius 2 is 2.17 bits per heavy atom. The number of H-pyrrole nitrogens is 2. The van der Waals surface area contributed by atoms with E-state index in [9.17, 15) is 14.7 Å². The normalized spacial score (nSPS) is 40.2. The fourth-order valence-corrected chi connectivity index (χ4v) is 2.86. The van der Waals surface area contributed by atoms with Gasteiger partial charge in [-0.2, -0.15) is 0 Å². The lowest BCUT2D eigenvalue weighted by Crippen LogP contribution is -2.57. The van der Waals surface area contributed by atoms with E-state index < -0.39 is 23.3 Å². The van der Waals surface area contributed by atoms with Crippen molar-refractivity contribution in [1.29, 1.82) is 0 Å². The molecule has 1 aromatic heterocycles. The highest BCUT2D eigenvalue weighted by Crippen LogP contribution is 2.48. The van der Waals surface area contributed by atoms with Crippen molar-refractivity contribution >= 4 is 0 Å². The summed E-state index contributed by atoms with van der Waals surface area (Å²) in [4.78, 5) is 27.6. The molecule has 0 aliphatic carbocycles. The van der Waals surface area contributed by atoms with Gasteiger partial charge >= 0.3 is 5.69 Å². The molecule has 4 rings (SSSR count). The van der Waals surface area contributed by atoms with Gasteiger partial charge in [0.1, 0.15) is 0 Å². The fraction of sp³-hybridized carbons (Fsp3) is 0.600. The summed E-state index contributed by atoms with van der Waals surface area (Å²) < 4.78 is 16.1. The van der Waals surface area contributed by atoms with Crippen molar-refractivity contribution in [3.05, 3.63) is 26.4 Å². The molecule has 0 aromatic carbocycles. The molecule has 2 saturated heterocycles. The van der Waals surface area contributed by atoms with E-state index in [2.05, 4.69) is 9.97 Å². The Bertz CT molecular complexity index is 636. The van der Waals surface area contributed by atoms with Crippen LogP contribution in [0.1, 0.15) is 17.9 Å². The predicted octanol–water partition coefficient (Wildman–Crippen LogP) is -1.63. The second-order valence-corrected chi connectivity index (χ2v) is 4.75. The second kappa shape index (κ2) is 3.02. The molecule has 2 fully saturated rings. The molecule has 4 bridgehead atoms. The Labute approximate surface area is 99.5 Å². The van der Waals surface area contributed by atoms with Gasteiger partial charge in [-0.1, -0.05) is 0 Å². The lowest BCUT2D eigenvalue weighted by molar-refractivity contribution is -0.305. The van der Waals surface area contributed by atoms with Gasteiger partial charge in [-0.15, -0.1) is 0 Å². The minimum Gasteiger partial charge on any atom is -0.441 e. The van der Waals surface area contributed by atoms with Crippen LogP contribution in [0.15, 0.2) is 9.59 Å². The third-order valence-electron chi connectivity index (χ3n) is 3.63. The highest BCUT2D eigenvalue weighted by Gasteiger charge is 2.59. The van der Waals surface area contributed by atoms with Crippen LogP contribution in [-0.4, -0.2) is 39.9 Å². The number of rotatable bonds is 0. The highest BCUT2D eigenvalue weighted by atomic mass is 16.8. The standard InChI is InChI=1S/C10H10N2O6/c13-6-5-3-1-10(15,8-16-2-4(3)17-8)18-7(5)12-9(14)11-6/h3-4,8,15H,1-2H2,(H2,11,12,13,14)/t3-,4+,8+,10+/m0/s1. The molecular formula is C10H10N2O6. The van der Waals surface area contributed by atoms with Crippen molar-refractivity contribution in [2.24, 2.45) is 0 Å². The Morgan fingerprint density at radius 1 is 1.33 bits per heavy atom. The average molecular weight is 254 g/mol. The molecule has 0 amide bonds. The van der Waals surface area contributed by atoms with Gasteiger partial charge < -0.3 is 19.3 Å². The second-order valence-electron chi connectivity index (χ2n) is 4.75. The zero-order chi connectivity index (χ0) is 12.5. The molecule has 8 heteroatoms.